The lowest BCUT2D eigenvalue weighted by atomic mass is 9.84. The number of hydrogen-bond acceptors (Lipinski definition) is 12. The number of alkyl carbamates (subject to hydrolysis) is 1. The smallest absolute Gasteiger partial charge is 0.408 e. The molecular formula is C45H63N7O7S. The number of aliphatic hydroxyl groups is 1. The van der Waals surface area contributed by atoms with Crippen LogP contribution >= 0.6 is 11.3 Å². The number of esters is 1. The van der Waals surface area contributed by atoms with E-state index in [2.05, 4.69) is 65.2 Å². The molecule has 15 heteroatoms. The summed E-state index contributed by atoms with van der Waals surface area (Å²) in [4.78, 5) is 51.9. The molecule has 60 heavy (non-hydrogen) atoms. The highest BCUT2D eigenvalue weighted by Crippen LogP contribution is 2.43. The summed E-state index contributed by atoms with van der Waals surface area (Å²) in [6.45, 7) is 16.7. The highest BCUT2D eigenvalue weighted by atomic mass is 32.1. The van der Waals surface area contributed by atoms with E-state index in [4.69, 9.17) is 24.2 Å². The third-order valence-electron chi connectivity index (χ3n) is 11.3. The number of thiazole rings is 1. The van der Waals surface area contributed by atoms with E-state index in [1.165, 1.54) is 29.9 Å². The van der Waals surface area contributed by atoms with Gasteiger partial charge in [-0.05, 0) is 102 Å². The lowest BCUT2D eigenvalue weighted by Crippen LogP contribution is -2.60. The van der Waals surface area contributed by atoms with Crippen molar-refractivity contribution in [2.24, 2.45) is 5.41 Å². The Morgan fingerprint density at radius 2 is 1.80 bits per heavy atom. The molecule has 2 aliphatic heterocycles. The Kier molecular flexibility index (Phi) is 14.2. The summed E-state index contributed by atoms with van der Waals surface area (Å²) >= 11 is 1.41. The normalized spacial score (nSPS) is 17.4. The van der Waals surface area contributed by atoms with Gasteiger partial charge < -0.3 is 34.1 Å². The number of nitrogens with zero attached hydrogens (tertiary/aromatic N) is 5. The third-order valence-corrected chi connectivity index (χ3v) is 12.2. The predicted octanol–water partition coefficient (Wildman–Crippen LogP) is 7.21. The largest absolute Gasteiger partial charge is 0.468 e. The highest BCUT2D eigenvalue weighted by Gasteiger charge is 2.35. The number of carbonyl (C=O) groups excluding carboxylic acids is 3. The molecule has 0 saturated carbocycles. The van der Waals surface area contributed by atoms with E-state index in [0.29, 0.717) is 37.4 Å². The van der Waals surface area contributed by atoms with Crippen LogP contribution < -0.4 is 15.6 Å². The van der Waals surface area contributed by atoms with Crippen LogP contribution in [0.3, 0.4) is 0 Å². The van der Waals surface area contributed by atoms with Gasteiger partial charge in [-0.2, -0.15) is 0 Å². The number of anilines is 1. The number of methoxy groups -OCH3 is 2. The van der Waals surface area contributed by atoms with E-state index < -0.39 is 41.1 Å². The number of ether oxygens (including phenoxy) is 3. The molecule has 2 fully saturated rings. The van der Waals surface area contributed by atoms with E-state index in [-0.39, 0.29) is 19.1 Å². The van der Waals surface area contributed by atoms with Crippen molar-refractivity contribution in [3.05, 3.63) is 52.1 Å². The highest BCUT2D eigenvalue weighted by molar-refractivity contribution is 7.10. The van der Waals surface area contributed by atoms with Crippen molar-refractivity contribution < 1.29 is 33.7 Å². The Labute approximate surface area is 358 Å². The summed E-state index contributed by atoms with van der Waals surface area (Å²) in [6.07, 6.45) is 6.40. The molecule has 1 aromatic carbocycles. The average molecular weight is 846 g/mol. The van der Waals surface area contributed by atoms with E-state index >= 15 is 0 Å². The van der Waals surface area contributed by atoms with Crippen LogP contribution in [0.5, 0.6) is 0 Å². The SMILES string of the molecule is CCn1c(-c2cc(N3CCCCC3)cnc2[C@H](C)OC)c(CC(C)(C)CO)c2cc(-c3csc(C[C@H](NC(=O)OC(C)(C)C)C(=O)N4CCC[C@@H](C(=O)OC)N4)n3)ccc21. The lowest BCUT2D eigenvalue weighted by Gasteiger charge is -2.34. The van der Waals surface area contributed by atoms with Crippen LogP contribution in [0.25, 0.3) is 33.4 Å². The first-order valence-electron chi connectivity index (χ1n) is 21.2. The van der Waals surface area contributed by atoms with Gasteiger partial charge in [-0.3, -0.25) is 19.6 Å². The number of aliphatic hydroxyl groups excluding tert-OH is 1. The first kappa shape index (κ1) is 45.0. The molecule has 2 aliphatic rings. The van der Waals surface area contributed by atoms with Crippen molar-refractivity contribution in [1.82, 2.24) is 30.3 Å². The van der Waals surface area contributed by atoms with E-state index in [0.717, 1.165) is 76.3 Å². The number of benzene rings is 1. The quantitative estimate of drug-likeness (QED) is 0.110. The van der Waals surface area contributed by atoms with Crippen LogP contribution in [0.4, 0.5) is 10.5 Å². The Morgan fingerprint density at radius 1 is 1.05 bits per heavy atom. The molecule has 0 unspecified atom stereocenters. The van der Waals surface area contributed by atoms with Crippen LogP contribution in [-0.2, 0) is 43.2 Å². The van der Waals surface area contributed by atoms with Gasteiger partial charge in [0, 0.05) is 73.7 Å². The molecular weight excluding hydrogens is 783 g/mol. The number of pyridine rings is 1. The monoisotopic (exact) mass is 845 g/mol. The summed E-state index contributed by atoms with van der Waals surface area (Å²) < 4.78 is 18.7. The molecule has 6 rings (SSSR count). The van der Waals surface area contributed by atoms with Gasteiger partial charge >= 0.3 is 12.1 Å². The van der Waals surface area contributed by atoms with Crippen LogP contribution in [0, 0.1) is 5.41 Å². The lowest BCUT2D eigenvalue weighted by molar-refractivity contribution is -0.150. The van der Waals surface area contributed by atoms with Gasteiger partial charge in [-0.1, -0.05) is 19.9 Å². The Hall–Kier alpha value is -4.57. The number of aromatic nitrogens is 3. The zero-order valence-electron chi connectivity index (χ0n) is 36.7. The van der Waals surface area contributed by atoms with E-state index in [1.807, 2.05) is 18.5 Å². The number of nitrogens with one attached hydrogen (secondary N) is 2. The summed E-state index contributed by atoms with van der Waals surface area (Å²) in [5.74, 6) is -0.860. The number of hydrazine groups is 1. The van der Waals surface area contributed by atoms with Gasteiger partial charge in [-0.15, -0.1) is 11.3 Å². The van der Waals surface area contributed by atoms with Gasteiger partial charge in [0.1, 0.15) is 17.7 Å². The first-order chi connectivity index (χ1) is 28.6. The number of hydrogen-bond donors (Lipinski definition) is 3. The number of aryl methyl sites for hydroxylation is 1. The summed E-state index contributed by atoms with van der Waals surface area (Å²) in [7, 11) is 3.03. The minimum Gasteiger partial charge on any atom is -0.468 e. The maximum atomic E-state index is 14.0. The fraction of sp³-hybridized carbons (Fsp3) is 0.578. The average Bonchev–Trinajstić information content (AvgIpc) is 3.83. The second kappa shape index (κ2) is 19.0. The molecule has 0 bridgehead atoms. The summed E-state index contributed by atoms with van der Waals surface area (Å²) in [5, 5.41) is 18.4. The Bertz CT molecular complexity index is 2150. The second-order valence-corrected chi connectivity index (χ2v) is 18.7. The van der Waals surface area contributed by atoms with Crippen molar-refractivity contribution in [3.63, 3.8) is 0 Å². The molecule has 0 spiro atoms. The van der Waals surface area contributed by atoms with Gasteiger partial charge in [0.05, 0.1) is 47.2 Å². The molecule has 4 aromatic rings. The van der Waals surface area contributed by atoms with Gasteiger partial charge in [0.2, 0.25) is 0 Å². The molecule has 3 atom stereocenters. The fourth-order valence-electron chi connectivity index (χ4n) is 8.16. The summed E-state index contributed by atoms with van der Waals surface area (Å²) in [5.41, 5.74) is 9.70. The van der Waals surface area contributed by atoms with Crippen molar-refractivity contribution in [3.8, 4) is 22.5 Å². The molecule has 5 heterocycles. The van der Waals surface area contributed by atoms with Gasteiger partial charge in [0.25, 0.3) is 5.91 Å². The number of carbonyl (C=O) groups is 3. The molecule has 2 amide bonds. The zero-order valence-corrected chi connectivity index (χ0v) is 37.5. The minimum atomic E-state index is -1.02. The van der Waals surface area contributed by atoms with Crippen LogP contribution in [0.1, 0.15) is 103 Å². The molecule has 3 aromatic heterocycles. The molecule has 0 aliphatic carbocycles. The first-order valence-corrected chi connectivity index (χ1v) is 22.1. The maximum Gasteiger partial charge on any atom is 0.408 e. The van der Waals surface area contributed by atoms with Crippen molar-refractivity contribution in [2.75, 3.05) is 45.4 Å². The third kappa shape index (κ3) is 10.3. The molecule has 3 N–H and O–H groups in total. The number of amides is 2. The second-order valence-electron chi connectivity index (χ2n) is 17.7. The predicted molar refractivity (Wildman–Crippen MR) is 235 cm³/mol. The van der Waals surface area contributed by atoms with Crippen LogP contribution in [-0.4, -0.2) is 101 Å². The minimum absolute atomic E-state index is 0.0152. The van der Waals surface area contributed by atoms with Crippen LogP contribution in [0.15, 0.2) is 35.8 Å². The van der Waals surface area contributed by atoms with Crippen molar-refractivity contribution in [1.29, 1.82) is 0 Å². The van der Waals surface area contributed by atoms with Crippen molar-refractivity contribution >= 4 is 45.9 Å². The number of fused-ring (bicyclic) bond motifs is 1. The van der Waals surface area contributed by atoms with Crippen molar-refractivity contribution in [2.45, 2.75) is 124 Å². The van der Waals surface area contributed by atoms with Crippen LogP contribution in [0.2, 0.25) is 0 Å². The van der Waals surface area contributed by atoms with Gasteiger partial charge in [-0.25, -0.2) is 15.2 Å². The number of rotatable bonds is 14. The molecule has 14 nitrogen and oxygen atoms in total. The standard InChI is InChI=1S/C45H63N7O7S/c1-10-51-37-17-16-29(36-26-60-38(47-36)23-35(48-43(56)59-44(3,4)5)41(54)52-20-14-15-34(49-52)42(55)58-9)21-31(37)33(24-45(6,7)27-53)40(51)32-22-30(50-18-12-11-13-19-50)25-46-39(32)28(2)57-8/h16-17,21-22,25-26,28,34-35,49,53H,10-15,18-20,23-24,27H2,1-9H3,(H,48,56)/t28-,34-,35-/m0/s1. The Balaban J connectivity index is 1.40. The molecule has 326 valence electrons. The Morgan fingerprint density at radius 3 is 2.47 bits per heavy atom. The van der Waals surface area contributed by atoms with Gasteiger partial charge in [0.15, 0.2) is 0 Å². The maximum absolute atomic E-state index is 14.0. The van der Waals surface area contributed by atoms with E-state index in [9.17, 15) is 19.5 Å². The summed E-state index contributed by atoms with van der Waals surface area (Å²) in [6, 6.07) is 6.99. The van der Waals surface area contributed by atoms with E-state index in [1.54, 1.807) is 27.9 Å². The molecule has 2 saturated heterocycles. The topological polar surface area (TPSA) is 160 Å². The fourth-order valence-corrected chi connectivity index (χ4v) is 9.01. The zero-order chi connectivity index (χ0) is 43.4. The molecule has 0 radical (unpaired) electrons. The number of piperidine rings is 1.